The second kappa shape index (κ2) is 5.58. The predicted octanol–water partition coefficient (Wildman–Crippen LogP) is 2.92. The molecule has 6 nitrogen and oxygen atoms in total. The largest absolute Gasteiger partial charge is 0.488 e. The number of fused-ring (bicyclic) bond motifs is 2. The Kier molecular flexibility index (Phi) is 3.39. The smallest absolute Gasteiger partial charge is 0.323 e. The molecule has 0 spiro atoms. The molecule has 1 aliphatic heterocycles. The lowest BCUT2D eigenvalue weighted by atomic mass is 10.1. The zero-order valence-electron chi connectivity index (χ0n) is 12.4. The fourth-order valence-electron chi connectivity index (χ4n) is 2.60. The molecular formula is C17H12ClN3O3. The number of anilines is 1. The lowest BCUT2D eigenvalue weighted by molar-refractivity contribution is -0.113. The summed E-state index contributed by atoms with van der Waals surface area (Å²) >= 11 is 5.97. The summed E-state index contributed by atoms with van der Waals surface area (Å²) in [5.41, 5.74) is 2.87. The SMILES string of the molecule is O=C(Nc1ccc2[nH]c(=O)[nH]c2c1)C1=Cc2cc(Cl)ccc2OC1. The third kappa shape index (κ3) is 2.68. The first-order valence-corrected chi connectivity index (χ1v) is 7.62. The number of halogens is 1. The van der Waals surface area contributed by atoms with Crippen LogP contribution in [-0.2, 0) is 4.79 Å². The number of carbonyl (C=O) groups excluding carboxylic acids is 1. The lowest BCUT2D eigenvalue weighted by Gasteiger charge is -2.17. The van der Waals surface area contributed by atoms with Gasteiger partial charge in [-0.3, -0.25) is 4.79 Å². The van der Waals surface area contributed by atoms with E-state index in [4.69, 9.17) is 16.3 Å². The van der Waals surface area contributed by atoms with Gasteiger partial charge in [0, 0.05) is 16.3 Å². The molecule has 1 aromatic heterocycles. The minimum atomic E-state index is -0.287. The molecule has 0 saturated heterocycles. The summed E-state index contributed by atoms with van der Waals surface area (Å²) in [5.74, 6) is 0.431. The van der Waals surface area contributed by atoms with Crippen molar-refractivity contribution in [2.75, 3.05) is 11.9 Å². The summed E-state index contributed by atoms with van der Waals surface area (Å²) < 4.78 is 5.58. The van der Waals surface area contributed by atoms with Gasteiger partial charge in [0.05, 0.1) is 16.6 Å². The van der Waals surface area contributed by atoms with Crippen LogP contribution in [0.4, 0.5) is 5.69 Å². The minimum absolute atomic E-state index is 0.184. The summed E-state index contributed by atoms with van der Waals surface area (Å²) in [6.45, 7) is 0.184. The highest BCUT2D eigenvalue weighted by atomic mass is 35.5. The first kappa shape index (κ1) is 14.6. The van der Waals surface area contributed by atoms with Gasteiger partial charge in [0.1, 0.15) is 12.4 Å². The molecule has 0 unspecified atom stereocenters. The molecule has 0 fully saturated rings. The van der Waals surface area contributed by atoms with Crippen LogP contribution in [0.15, 0.2) is 46.8 Å². The topological polar surface area (TPSA) is 87.0 Å². The lowest BCUT2D eigenvalue weighted by Crippen LogP contribution is -2.21. The van der Waals surface area contributed by atoms with Crippen LogP contribution >= 0.6 is 11.6 Å². The van der Waals surface area contributed by atoms with Crippen molar-refractivity contribution in [3.05, 3.63) is 63.0 Å². The first-order chi connectivity index (χ1) is 11.6. The quantitative estimate of drug-likeness (QED) is 0.669. The number of hydrogen-bond donors (Lipinski definition) is 3. The Morgan fingerprint density at radius 1 is 1.12 bits per heavy atom. The Morgan fingerprint density at radius 2 is 1.96 bits per heavy atom. The number of H-pyrrole nitrogens is 2. The number of hydrogen-bond acceptors (Lipinski definition) is 3. The van der Waals surface area contributed by atoms with E-state index in [0.717, 1.165) is 5.56 Å². The Balaban J connectivity index is 1.60. The Hall–Kier alpha value is -2.99. The molecule has 0 radical (unpaired) electrons. The van der Waals surface area contributed by atoms with Crippen LogP contribution < -0.4 is 15.7 Å². The minimum Gasteiger partial charge on any atom is -0.488 e. The number of ether oxygens (including phenoxy) is 1. The number of imidazole rings is 1. The highest BCUT2D eigenvalue weighted by molar-refractivity contribution is 6.30. The van der Waals surface area contributed by atoms with Gasteiger partial charge >= 0.3 is 5.69 Å². The van der Waals surface area contributed by atoms with E-state index in [0.29, 0.717) is 33.1 Å². The van der Waals surface area contributed by atoms with Crippen LogP contribution in [0.3, 0.4) is 0 Å². The van der Waals surface area contributed by atoms with E-state index < -0.39 is 0 Å². The van der Waals surface area contributed by atoms with E-state index in [1.165, 1.54) is 0 Å². The Labute approximate surface area is 141 Å². The molecule has 4 rings (SSSR count). The van der Waals surface area contributed by atoms with E-state index >= 15 is 0 Å². The third-order valence-corrected chi connectivity index (χ3v) is 3.99. The van der Waals surface area contributed by atoms with Crippen LogP contribution in [-0.4, -0.2) is 22.5 Å². The second-order valence-electron chi connectivity index (χ2n) is 5.43. The van der Waals surface area contributed by atoms with Crippen molar-refractivity contribution in [3.8, 4) is 5.75 Å². The standard InChI is InChI=1S/C17H12ClN3O3/c18-11-1-4-15-9(6-11)5-10(8-24-15)16(22)19-12-2-3-13-14(7-12)21-17(23)20-13/h1-7H,8H2,(H,19,22)(H2,20,21,23). The molecule has 1 amide bonds. The van der Waals surface area contributed by atoms with Crippen molar-refractivity contribution >= 4 is 40.3 Å². The molecule has 7 heteroatoms. The van der Waals surface area contributed by atoms with E-state index in [1.807, 2.05) is 0 Å². The number of aromatic nitrogens is 2. The van der Waals surface area contributed by atoms with Crippen molar-refractivity contribution < 1.29 is 9.53 Å². The third-order valence-electron chi connectivity index (χ3n) is 3.75. The molecule has 2 heterocycles. The van der Waals surface area contributed by atoms with Gasteiger partial charge < -0.3 is 20.0 Å². The summed E-state index contributed by atoms with van der Waals surface area (Å²) in [6.07, 6.45) is 1.76. The molecule has 0 saturated carbocycles. The maximum atomic E-state index is 12.4. The maximum Gasteiger partial charge on any atom is 0.323 e. The predicted molar refractivity (Wildman–Crippen MR) is 92.5 cm³/mol. The number of aromatic amines is 2. The number of carbonyl (C=O) groups is 1. The summed E-state index contributed by atoms with van der Waals surface area (Å²) in [4.78, 5) is 29.0. The van der Waals surface area contributed by atoms with Gasteiger partial charge in [-0.1, -0.05) is 11.6 Å². The van der Waals surface area contributed by atoms with Gasteiger partial charge in [0.25, 0.3) is 5.91 Å². The zero-order valence-corrected chi connectivity index (χ0v) is 13.1. The molecule has 3 aromatic rings. The molecule has 0 atom stereocenters. The van der Waals surface area contributed by atoms with Gasteiger partial charge in [0.15, 0.2) is 0 Å². The molecule has 3 N–H and O–H groups in total. The molecule has 120 valence electrons. The molecule has 24 heavy (non-hydrogen) atoms. The van der Waals surface area contributed by atoms with Gasteiger partial charge in [0.2, 0.25) is 0 Å². The highest BCUT2D eigenvalue weighted by Gasteiger charge is 2.17. The van der Waals surface area contributed by atoms with Crippen LogP contribution in [0.5, 0.6) is 5.75 Å². The number of nitrogens with one attached hydrogen (secondary N) is 3. The number of benzene rings is 2. The van der Waals surface area contributed by atoms with Gasteiger partial charge in [-0.05, 0) is 42.5 Å². The van der Waals surface area contributed by atoms with E-state index in [9.17, 15) is 9.59 Å². The summed E-state index contributed by atoms with van der Waals surface area (Å²) in [5, 5.41) is 3.38. The van der Waals surface area contributed by atoms with Gasteiger partial charge in [-0.25, -0.2) is 4.79 Å². The average Bonchev–Trinajstić information content (AvgIpc) is 2.93. The zero-order chi connectivity index (χ0) is 16.7. The Morgan fingerprint density at radius 3 is 2.83 bits per heavy atom. The monoisotopic (exact) mass is 341 g/mol. The van der Waals surface area contributed by atoms with Crippen molar-refractivity contribution in [1.29, 1.82) is 0 Å². The molecule has 0 aliphatic carbocycles. The summed E-state index contributed by atoms with van der Waals surface area (Å²) in [6, 6.07) is 10.4. The number of rotatable bonds is 2. The van der Waals surface area contributed by atoms with Crippen LogP contribution in [0.2, 0.25) is 5.02 Å². The van der Waals surface area contributed by atoms with Crippen LogP contribution in [0.25, 0.3) is 17.1 Å². The van der Waals surface area contributed by atoms with Crippen molar-refractivity contribution in [2.24, 2.45) is 0 Å². The van der Waals surface area contributed by atoms with Gasteiger partial charge in [-0.2, -0.15) is 0 Å². The molecule has 1 aliphatic rings. The number of amides is 1. The highest BCUT2D eigenvalue weighted by Crippen LogP contribution is 2.29. The Bertz CT molecular complexity index is 1050. The first-order valence-electron chi connectivity index (χ1n) is 7.25. The second-order valence-corrected chi connectivity index (χ2v) is 5.87. The van der Waals surface area contributed by atoms with Crippen molar-refractivity contribution in [1.82, 2.24) is 9.97 Å². The molecular weight excluding hydrogens is 330 g/mol. The van der Waals surface area contributed by atoms with Gasteiger partial charge in [-0.15, -0.1) is 0 Å². The van der Waals surface area contributed by atoms with Crippen LogP contribution in [0.1, 0.15) is 5.56 Å². The van der Waals surface area contributed by atoms with E-state index in [-0.39, 0.29) is 18.2 Å². The summed E-state index contributed by atoms with van der Waals surface area (Å²) in [7, 11) is 0. The maximum absolute atomic E-state index is 12.4. The molecule has 2 aromatic carbocycles. The molecule has 0 bridgehead atoms. The average molecular weight is 342 g/mol. The van der Waals surface area contributed by atoms with E-state index in [2.05, 4.69) is 15.3 Å². The fourth-order valence-corrected chi connectivity index (χ4v) is 2.78. The van der Waals surface area contributed by atoms with Crippen LogP contribution in [0, 0.1) is 0 Å². The van der Waals surface area contributed by atoms with E-state index in [1.54, 1.807) is 42.5 Å². The van der Waals surface area contributed by atoms with Crippen molar-refractivity contribution in [3.63, 3.8) is 0 Å². The van der Waals surface area contributed by atoms with Crippen molar-refractivity contribution in [2.45, 2.75) is 0 Å². The fraction of sp³-hybridized carbons (Fsp3) is 0.0588. The normalized spacial score (nSPS) is 13.1.